The number of rotatable bonds is 4. The van der Waals surface area contributed by atoms with Crippen LogP contribution >= 0.6 is 0 Å². The molecule has 0 radical (unpaired) electrons. The minimum absolute atomic E-state index is 0. The quantitative estimate of drug-likeness (QED) is 0.703. The molecule has 3 nitrogen and oxygen atoms in total. The molecule has 4 rings (SSSR count). The number of fused-ring (bicyclic) bond motifs is 5. The van der Waals surface area contributed by atoms with Gasteiger partial charge >= 0.3 is 51.4 Å². The summed E-state index contributed by atoms with van der Waals surface area (Å²) < 4.78 is 0. The average molecular weight is 415 g/mol. The molecule has 0 aromatic carbocycles. The predicted molar refractivity (Wildman–Crippen MR) is 105 cm³/mol. The molecule has 28 heavy (non-hydrogen) atoms. The molecule has 0 unspecified atom stereocenters. The first-order chi connectivity index (χ1) is 12.8. The summed E-state index contributed by atoms with van der Waals surface area (Å²) in [5.41, 5.74) is 0.853. The van der Waals surface area contributed by atoms with E-state index in [0.717, 1.165) is 42.9 Å². The molecule has 4 saturated carbocycles. The number of aliphatic hydroxyl groups is 1. The monoisotopic (exact) mass is 414 g/mol. The van der Waals surface area contributed by atoms with Gasteiger partial charge in [0, 0.05) is 5.97 Å². The van der Waals surface area contributed by atoms with Crippen LogP contribution in [0.3, 0.4) is 0 Å². The van der Waals surface area contributed by atoms with Gasteiger partial charge in [0.25, 0.3) is 0 Å². The van der Waals surface area contributed by atoms with E-state index < -0.39 is 5.97 Å². The topological polar surface area (TPSA) is 60.4 Å². The molecule has 0 aromatic rings. The Morgan fingerprint density at radius 2 is 1.71 bits per heavy atom. The summed E-state index contributed by atoms with van der Waals surface area (Å²) in [7, 11) is 0. The van der Waals surface area contributed by atoms with Gasteiger partial charge in [-0.2, -0.15) is 0 Å². The van der Waals surface area contributed by atoms with E-state index in [-0.39, 0.29) is 63.9 Å². The molecule has 4 fully saturated rings. The molecule has 0 aliphatic heterocycles. The van der Waals surface area contributed by atoms with Gasteiger partial charge in [0.1, 0.15) is 0 Å². The van der Waals surface area contributed by atoms with Crippen LogP contribution in [0.1, 0.15) is 91.4 Å². The second kappa shape index (κ2) is 8.90. The van der Waals surface area contributed by atoms with E-state index in [1.807, 2.05) is 0 Å². The number of carbonyl (C=O) groups is 1. The number of carboxylic acid groups (broad SMARTS) is 1. The van der Waals surface area contributed by atoms with Crippen molar-refractivity contribution in [2.24, 2.45) is 46.3 Å². The molecule has 0 heterocycles. The van der Waals surface area contributed by atoms with Gasteiger partial charge in [-0.3, -0.25) is 0 Å². The van der Waals surface area contributed by atoms with E-state index in [9.17, 15) is 15.0 Å². The molecule has 0 amide bonds. The first-order valence-corrected chi connectivity index (χ1v) is 11.6. The number of aliphatic carboxylic acids is 1. The molecular weight excluding hydrogens is 375 g/mol. The number of hydrogen-bond acceptors (Lipinski definition) is 3. The van der Waals surface area contributed by atoms with Gasteiger partial charge in [0.2, 0.25) is 0 Å². The fraction of sp³-hybridized carbons (Fsp3) is 0.958. The Balaban J connectivity index is 0.00000225. The van der Waals surface area contributed by atoms with Gasteiger partial charge in [-0.05, 0) is 117 Å². The summed E-state index contributed by atoms with van der Waals surface area (Å²) in [4.78, 5) is 10.9. The van der Waals surface area contributed by atoms with Crippen molar-refractivity contribution in [2.45, 2.75) is 97.5 Å². The van der Waals surface area contributed by atoms with Crippen molar-refractivity contribution in [3.63, 3.8) is 0 Å². The van der Waals surface area contributed by atoms with Crippen molar-refractivity contribution in [3.8, 4) is 0 Å². The zero-order valence-electron chi connectivity index (χ0n) is 18.6. The summed E-state index contributed by atoms with van der Waals surface area (Å²) in [5, 5.41) is 21.1. The van der Waals surface area contributed by atoms with E-state index in [2.05, 4.69) is 20.8 Å². The maximum absolute atomic E-state index is 10.9. The standard InChI is InChI=1S/C24H40O3.K/c1-15(4-9-22(26)27)19-7-8-20-18-6-5-16-14-17(25)10-12-23(16,2)21(18)11-13-24(19,20)3;/h15-21,25H,4-14H2,1-3H3,(H,26,27);/q;+1/p-1/t15-,16-,17-,18+,19-,20+,21+,23+,24-;/m1./s1. The normalized spacial score (nSPS) is 48.6. The van der Waals surface area contributed by atoms with Crippen LogP contribution in [0.4, 0.5) is 0 Å². The van der Waals surface area contributed by atoms with E-state index >= 15 is 0 Å². The second-order valence-electron chi connectivity index (χ2n) is 11.2. The molecular formula is C24H39KO3. The van der Waals surface area contributed by atoms with Crippen molar-refractivity contribution in [1.29, 1.82) is 0 Å². The molecule has 9 atom stereocenters. The third-order valence-electron chi connectivity index (χ3n) is 10.2. The Labute approximate surface area is 214 Å². The van der Waals surface area contributed by atoms with Crippen LogP contribution in [0.25, 0.3) is 0 Å². The number of aliphatic hydroxyl groups excluding tert-OH is 1. The molecule has 4 heteroatoms. The second-order valence-corrected chi connectivity index (χ2v) is 11.2. The molecule has 0 saturated heterocycles. The van der Waals surface area contributed by atoms with Crippen molar-refractivity contribution >= 4 is 5.97 Å². The summed E-state index contributed by atoms with van der Waals surface area (Å²) >= 11 is 0. The Bertz CT molecular complexity index is 580. The fourth-order valence-electron chi connectivity index (χ4n) is 8.76. The molecule has 1 N–H and O–H groups in total. The summed E-state index contributed by atoms with van der Waals surface area (Å²) in [6, 6.07) is 0. The maximum atomic E-state index is 10.9. The minimum atomic E-state index is -0.893. The largest absolute Gasteiger partial charge is 1.00 e. The molecule has 0 spiro atoms. The summed E-state index contributed by atoms with van der Waals surface area (Å²) in [5.74, 6) is 3.55. The number of carboxylic acids is 1. The van der Waals surface area contributed by atoms with Crippen molar-refractivity contribution in [2.75, 3.05) is 0 Å². The Kier molecular flexibility index (Phi) is 7.54. The van der Waals surface area contributed by atoms with Gasteiger partial charge < -0.3 is 15.0 Å². The van der Waals surface area contributed by atoms with Crippen LogP contribution in [0, 0.1) is 46.3 Å². The Morgan fingerprint density at radius 1 is 1.04 bits per heavy atom. The van der Waals surface area contributed by atoms with Crippen molar-refractivity contribution < 1.29 is 66.4 Å². The zero-order chi connectivity index (χ0) is 19.4. The summed E-state index contributed by atoms with van der Waals surface area (Å²) in [6.07, 6.45) is 12.2. The van der Waals surface area contributed by atoms with E-state index in [1.54, 1.807) is 0 Å². The SMILES string of the molecule is C[C@H](CCC(=O)[O-])[C@H]1CC[C@H]2[C@@H]3CC[C@@H]4C[C@H](O)CC[C@]4(C)[C@H]3CC[C@]12C.[K+]. The molecule has 4 aliphatic carbocycles. The average Bonchev–Trinajstić information content (AvgIpc) is 2.97. The summed E-state index contributed by atoms with van der Waals surface area (Å²) in [6.45, 7) is 7.38. The van der Waals surface area contributed by atoms with Gasteiger partial charge in [-0.1, -0.05) is 20.8 Å². The first kappa shape index (κ1) is 23.7. The molecule has 0 bridgehead atoms. The number of carbonyl (C=O) groups excluding carboxylic acids is 1. The zero-order valence-corrected chi connectivity index (χ0v) is 21.7. The molecule has 4 aliphatic rings. The van der Waals surface area contributed by atoms with Gasteiger partial charge in [0.05, 0.1) is 6.10 Å². The Morgan fingerprint density at radius 3 is 2.43 bits per heavy atom. The maximum Gasteiger partial charge on any atom is 1.00 e. The fourth-order valence-corrected chi connectivity index (χ4v) is 8.76. The van der Waals surface area contributed by atoms with Gasteiger partial charge in [0.15, 0.2) is 0 Å². The van der Waals surface area contributed by atoms with Crippen LogP contribution in [-0.4, -0.2) is 17.2 Å². The van der Waals surface area contributed by atoms with E-state index in [0.29, 0.717) is 22.7 Å². The van der Waals surface area contributed by atoms with Crippen molar-refractivity contribution in [3.05, 3.63) is 0 Å². The Hall–Kier alpha value is 1.07. The molecule has 154 valence electrons. The van der Waals surface area contributed by atoms with Crippen LogP contribution in [0.5, 0.6) is 0 Å². The van der Waals surface area contributed by atoms with E-state index in [4.69, 9.17) is 0 Å². The van der Waals surface area contributed by atoms with Crippen LogP contribution in [0.15, 0.2) is 0 Å². The predicted octanol–water partition coefficient (Wildman–Crippen LogP) is 1.18. The first-order valence-electron chi connectivity index (χ1n) is 11.6. The third kappa shape index (κ3) is 3.97. The smallest absolute Gasteiger partial charge is 0.550 e. The van der Waals surface area contributed by atoms with Crippen LogP contribution in [0.2, 0.25) is 0 Å². The van der Waals surface area contributed by atoms with Crippen molar-refractivity contribution in [1.82, 2.24) is 0 Å². The number of hydrogen-bond donors (Lipinski definition) is 1. The molecule has 0 aromatic heterocycles. The third-order valence-corrected chi connectivity index (χ3v) is 10.2. The van der Waals surface area contributed by atoms with Gasteiger partial charge in [-0.15, -0.1) is 0 Å². The van der Waals surface area contributed by atoms with Crippen LogP contribution in [-0.2, 0) is 4.79 Å². The van der Waals surface area contributed by atoms with Crippen LogP contribution < -0.4 is 56.5 Å². The van der Waals surface area contributed by atoms with Gasteiger partial charge in [-0.25, -0.2) is 0 Å². The minimum Gasteiger partial charge on any atom is -0.550 e. The van der Waals surface area contributed by atoms with E-state index in [1.165, 1.54) is 44.9 Å².